The molecular formula is C18H20N4O2. The summed E-state index contributed by atoms with van der Waals surface area (Å²) >= 11 is 0. The smallest absolute Gasteiger partial charge is 0.224 e. The molecule has 1 heterocycles. The quantitative estimate of drug-likeness (QED) is 0.557. The number of methoxy groups -OCH3 is 2. The summed E-state index contributed by atoms with van der Waals surface area (Å²) in [5, 5.41) is 4.30. The molecule has 0 bridgehead atoms. The number of para-hydroxylation sites is 2. The Bertz CT molecular complexity index is 871. The summed E-state index contributed by atoms with van der Waals surface area (Å²) < 4.78 is 12.6. The molecule has 1 N–H and O–H groups in total. The van der Waals surface area contributed by atoms with Gasteiger partial charge in [-0.25, -0.2) is 10.4 Å². The second-order valence-corrected chi connectivity index (χ2v) is 5.15. The first kappa shape index (κ1) is 15.9. The second kappa shape index (κ2) is 7.04. The SMILES string of the molecule is CCn1c(N/N=C\c2ccc(OC)cc2OC)nc2ccccc21. The van der Waals surface area contributed by atoms with Crippen molar-refractivity contribution in [3.63, 3.8) is 0 Å². The molecule has 124 valence electrons. The van der Waals surface area contributed by atoms with E-state index in [1.165, 1.54) is 0 Å². The van der Waals surface area contributed by atoms with E-state index in [1.54, 1.807) is 20.4 Å². The average Bonchev–Trinajstić information content (AvgIpc) is 2.99. The number of benzene rings is 2. The molecule has 0 fully saturated rings. The summed E-state index contributed by atoms with van der Waals surface area (Å²) in [6.07, 6.45) is 1.71. The van der Waals surface area contributed by atoms with Crippen LogP contribution in [0.2, 0.25) is 0 Å². The Morgan fingerprint density at radius 1 is 1.17 bits per heavy atom. The number of rotatable bonds is 6. The summed E-state index contributed by atoms with van der Waals surface area (Å²) in [5.74, 6) is 2.15. The molecule has 0 aliphatic rings. The third-order valence-electron chi connectivity index (χ3n) is 3.78. The van der Waals surface area contributed by atoms with Gasteiger partial charge in [0.15, 0.2) is 0 Å². The summed E-state index contributed by atoms with van der Waals surface area (Å²) in [7, 11) is 3.25. The zero-order valence-electron chi connectivity index (χ0n) is 14.0. The topological polar surface area (TPSA) is 60.7 Å². The Balaban J connectivity index is 1.84. The first-order valence-electron chi connectivity index (χ1n) is 7.73. The molecule has 1 aromatic heterocycles. The highest BCUT2D eigenvalue weighted by Gasteiger charge is 2.08. The minimum absolute atomic E-state index is 0.698. The lowest BCUT2D eigenvalue weighted by Gasteiger charge is -2.07. The van der Waals surface area contributed by atoms with Gasteiger partial charge in [-0.1, -0.05) is 12.1 Å². The number of hydrazone groups is 1. The molecule has 0 amide bonds. The van der Waals surface area contributed by atoms with E-state index in [4.69, 9.17) is 9.47 Å². The number of nitrogens with one attached hydrogen (secondary N) is 1. The minimum atomic E-state index is 0.698. The van der Waals surface area contributed by atoms with E-state index >= 15 is 0 Å². The van der Waals surface area contributed by atoms with E-state index in [0.29, 0.717) is 11.7 Å². The molecule has 3 rings (SSSR count). The summed E-state index contributed by atoms with van der Waals surface area (Å²) in [5.41, 5.74) is 5.89. The van der Waals surface area contributed by atoms with Gasteiger partial charge in [0.05, 0.1) is 31.5 Å². The number of imidazole rings is 1. The fraction of sp³-hybridized carbons (Fsp3) is 0.222. The van der Waals surface area contributed by atoms with Crippen LogP contribution in [0.5, 0.6) is 11.5 Å². The van der Waals surface area contributed by atoms with Crippen molar-refractivity contribution in [2.45, 2.75) is 13.5 Å². The standard InChI is InChI=1S/C18H20N4O2/c1-4-22-16-8-6-5-7-15(16)20-18(22)21-19-12-13-9-10-14(23-2)11-17(13)24-3/h5-12H,4H2,1-3H3,(H,20,21)/b19-12-. The van der Waals surface area contributed by atoms with Crippen molar-refractivity contribution < 1.29 is 9.47 Å². The number of ether oxygens (including phenoxy) is 2. The number of hydrogen-bond acceptors (Lipinski definition) is 5. The summed E-state index contributed by atoms with van der Waals surface area (Å²) in [6, 6.07) is 13.6. The Morgan fingerprint density at radius 2 is 2.00 bits per heavy atom. The van der Waals surface area contributed by atoms with E-state index in [2.05, 4.69) is 27.0 Å². The maximum Gasteiger partial charge on any atom is 0.224 e. The van der Waals surface area contributed by atoms with Crippen molar-refractivity contribution in [3.05, 3.63) is 48.0 Å². The van der Waals surface area contributed by atoms with Crippen LogP contribution in [0.15, 0.2) is 47.6 Å². The lowest BCUT2D eigenvalue weighted by Crippen LogP contribution is -2.02. The largest absolute Gasteiger partial charge is 0.497 e. The highest BCUT2D eigenvalue weighted by Crippen LogP contribution is 2.23. The van der Waals surface area contributed by atoms with Crippen molar-refractivity contribution in [1.82, 2.24) is 9.55 Å². The van der Waals surface area contributed by atoms with E-state index in [1.807, 2.05) is 42.5 Å². The lowest BCUT2D eigenvalue weighted by molar-refractivity contribution is 0.394. The lowest BCUT2D eigenvalue weighted by atomic mass is 10.2. The molecule has 6 nitrogen and oxygen atoms in total. The van der Waals surface area contributed by atoms with Crippen LogP contribution >= 0.6 is 0 Å². The zero-order chi connectivity index (χ0) is 16.9. The van der Waals surface area contributed by atoms with Crippen molar-refractivity contribution >= 4 is 23.2 Å². The molecular weight excluding hydrogens is 304 g/mol. The number of nitrogens with zero attached hydrogens (tertiary/aromatic N) is 3. The molecule has 2 aromatic carbocycles. The Kier molecular flexibility index (Phi) is 4.65. The van der Waals surface area contributed by atoms with Crippen LogP contribution in [0.25, 0.3) is 11.0 Å². The highest BCUT2D eigenvalue weighted by atomic mass is 16.5. The van der Waals surface area contributed by atoms with Crippen LogP contribution in [0.3, 0.4) is 0 Å². The monoisotopic (exact) mass is 324 g/mol. The highest BCUT2D eigenvalue weighted by molar-refractivity contribution is 5.84. The van der Waals surface area contributed by atoms with E-state index in [9.17, 15) is 0 Å². The second-order valence-electron chi connectivity index (χ2n) is 5.15. The normalized spacial score (nSPS) is 11.1. The Labute approximate surface area is 140 Å². The predicted octanol–water partition coefficient (Wildman–Crippen LogP) is 3.52. The van der Waals surface area contributed by atoms with Crippen LogP contribution in [-0.2, 0) is 6.54 Å². The van der Waals surface area contributed by atoms with Gasteiger partial charge in [0.25, 0.3) is 0 Å². The van der Waals surface area contributed by atoms with Crippen molar-refractivity contribution in [2.24, 2.45) is 5.10 Å². The average molecular weight is 324 g/mol. The van der Waals surface area contributed by atoms with Crippen LogP contribution in [0.1, 0.15) is 12.5 Å². The van der Waals surface area contributed by atoms with Gasteiger partial charge in [0.2, 0.25) is 5.95 Å². The fourth-order valence-electron chi connectivity index (χ4n) is 2.57. The van der Waals surface area contributed by atoms with E-state index in [-0.39, 0.29) is 0 Å². The maximum absolute atomic E-state index is 5.36. The van der Waals surface area contributed by atoms with Gasteiger partial charge in [-0.3, -0.25) is 0 Å². The molecule has 0 saturated carbocycles. The minimum Gasteiger partial charge on any atom is -0.497 e. The van der Waals surface area contributed by atoms with Gasteiger partial charge in [-0.15, -0.1) is 0 Å². The van der Waals surface area contributed by atoms with Gasteiger partial charge >= 0.3 is 0 Å². The number of hydrogen-bond donors (Lipinski definition) is 1. The summed E-state index contributed by atoms with van der Waals surface area (Å²) in [6.45, 7) is 2.89. The molecule has 3 aromatic rings. The Morgan fingerprint density at radius 3 is 2.75 bits per heavy atom. The van der Waals surface area contributed by atoms with Gasteiger partial charge in [0, 0.05) is 18.2 Å². The molecule has 0 radical (unpaired) electrons. The van der Waals surface area contributed by atoms with Crippen molar-refractivity contribution in [2.75, 3.05) is 19.6 Å². The molecule has 0 spiro atoms. The third-order valence-corrected chi connectivity index (χ3v) is 3.78. The number of anilines is 1. The third kappa shape index (κ3) is 3.03. The number of aryl methyl sites for hydroxylation is 1. The molecule has 0 unspecified atom stereocenters. The van der Waals surface area contributed by atoms with Gasteiger partial charge in [0.1, 0.15) is 11.5 Å². The van der Waals surface area contributed by atoms with Crippen LogP contribution in [-0.4, -0.2) is 30.0 Å². The van der Waals surface area contributed by atoms with Gasteiger partial charge in [-0.2, -0.15) is 5.10 Å². The molecule has 0 atom stereocenters. The maximum atomic E-state index is 5.36. The molecule has 6 heteroatoms. The van der Waals surface area contributed by atoms with Gasteiger partial charge < -0.3 is 14.0 Å². The van der Waals surface area contributed by atoms with Gasteiger partial charge in [-0.05, 0) is 31.2 Å². The molecule has 0 saturated heterocycles. The number of aromatic nitrogens is 2. The summed E-state index contributed by atoms with van der Waals surface area (Å²) in [4.78, 5) is 4.57. The van der Waals surface area contributed by atoms with Crippen LogP contribution in [0.4, 0.5) is 5.95 Å². The van der Waals surface area contributed by atoms with E-state index in [0.717, 1.165) is 28.9 Å². The van der Waals surface area contributed by atoms with Crippen LogP contribution < -0.4 is 14.9 Å². The molecule has 24 heavy (non-hydrogen) atoms. The first-order valence-corrected chi connectivity index (χ1v) is 7.73. The Hall–Kier alpha value is -3.02. The van der Waals surface area contributed by atoms with Crippen molar-refractivity contribution in [3.8, 4) is 11.5 Å². The molecule has 0 aliphatic heterocycles. The predicted molar refractivity (Wildman–Crippen MR) is 96.2 cm³/mol. The van der Waals surface area contributed by atoms with Crippen molar-refractivity contribution in [1.29, 1.82) is 0 Å². The zero-order valence-corrected chi connectivity index (χ0v) is 14.0. The first-order chi connectivity index (χ1) is 11.8. The van der Waals surface area contributed by atoms with Crippen LogP contribution in [0, 0.1) is 0 Å². The number of fused-ring (bicyclic) bond motifs is 1. The fourth-order valence-corrected chi connectivity index (χ4v) is 2.57. The van der Waals surface area contributed by atoms with E-state index < -0.39 is 0 Å². The molecule has 0 aliphatic carbocycles.